The molecule has 0 fully saturated rings. The van der Waals surface area contributed by atoms with E-state index in [0.717, 1.165) is 10.6 Å². The summed E-state index contributed by atoms with van der Waals surface area (Å²) in [6.07, 6.45) is -0.185. The third kappa shape index (κ3) is 3.77. The maximum Gasteiger partial charge on any atom is 0.308 e. The van der Waals surface area contributed by atoms with Crippen molar-refractivity contribution < 1.29 is 23.9 Å². The molecule has 1 aliphatic rings. The summed E-state index contributed by atoms with van der Waals surface area (Å²) in [7, 11) is 0. The number of carbonyl (C=O) groups is 4. The van der Waals surface area contributed by atoms with E-state index in [1.54, 1.807) is 36.6 Å². The zero-order chi connectivity index (χ0) is 18.7. The molecule has 26 heavy (non-hydrogen) atoms. The van der Waals surface area contributed by atoms with Crippen molar-refractivity contribution in [2.75, 3.05) is 18.5 Å². The van der Waals surface area contributed by atoms with Crippen molar-refractivity contribution >= 4 is 40.2 Å². The van der Waals surface area contributed by atoms with Crippen LogP contribution in [-0.4, -0.2) is 46.7 Å². The van der Waals surface area contributed by atoms with Gasteiger partial charge in [0.1, 0.15) is 0 Å². The molecule has 1 N–H and O–H groups in total. The van der Waals surface area contributed by atoms with Crippen LogP contribution in [0.5, 0.6) is 0 Å². The highest BCUT2D eigenvalue weighted by Gasteiger charge is 2.35. The second-order valence-corrected chi connectivity index (χ2v) is 6.42. The molecular weight excluding hydrogens is 358 g/mol. The van der Waals surface area contributed by atoms with E-state index in [-0.39, 0.29) is 13.0 Å². The lowest BCUT2D eigenvalue weighted by Gasteiger charge is -2.13. The van der Waals surface area contributed by atoms with Crippen LogP contribution in [0.4, 0.5) is 5.13 Å². The van der Waals surface area contributed by atoms with E-state index in [9.17, 15) is 19.2 Å². The summed E-state index contributed by atoms with van der Waals surface area (Å²) in [5.41, 5.74) is 1.43. The van der Waals surface area contributed by atoms with Crippen LogP contribution in [0.25, 0.3) is 0 Å². The fourth-order valence-corrected chi connectivity index (χ4v) is 3.13. The number of rotatable bonds is 6. The van der Waals surface area contributed by atoms with Crippen molar-refractivity contribution in [3.8, 4) is 0 Å². The monoisotopic (exact) mass is 373 g/mol. The Hall–Kier alpha value is -3.07. The minimum atomic E-state index is -0.674. The molecule has 0 saturated heterocycles. The number of hydrogen-bond donors (Lipinski definition) is 1. The van der Waals surface area contributed by atoms with Crippen molar-refractivity contribution in [2.24, 2.45) is 0 Å². The van der Waals surface area contributed by atoms with Crippen LogP contribution in [0.2, 0.25) is 0 Å². The van der Waals surface area contributed by atoms with Gasteiger partial charge in [0.2, 0.25) is 0 Å². The summed E-state index contributed by atoms with van der Waals surface area (Å²) >= 11 is 1.27. The predicted octanol–water partition coefficient (Wildman–Crippen LogP) is 1.62. The Kier molecular flexibility index (Phi) is 5.08. The second kappa shape index (κ2) is 7.44. The highest BCUT2D eigenvalue weighted by atomic mass is 32.1. The Morgan fingerprint density at radius 3 is 2.42 bits per heavy atom. The first kappa shape index (κ1) is 17.7. The van der Waals surface area contributed by atoms with Gasteiger partial charge in [-0.25, -0.2) is 4.98 Å². The number of aryl methyl sites for hydroxylation is 1. The lowest BCUT2D eigenvalue weighted by Crippen LogP contribution is -2.32. The summed E-state index contributed by atoms with van der Waals surface area (Å²) < 4.78 is 4.87. The standard InChI is InChI=1S/C17H15N3O5S/c1-10-9-26-17(18-10)19-13(21)8-25-14(22)6-7-20-15(23)11-4-2-3-5-12(11)16(20)24/h2-5,9H,6-8H2,1H3,(H,18,19,21). The number of aromatic nitrogens is 1. The number of imide groups is 1. The molecule has 1 aromatic carbocycles. The van der Waals surface area contributed by atoms with Crippen LogP contribution in [0.15, 0.2) is 29.6 Å². The minimum Gasteiger partial charge on any atom is -0.456 e. The fraction of sp³-hybridized carbons (Fsp3) is 0.235. The topological polar surface area (TPSA) is 106 Å². The maximum atomic E-state index is 12.2. The predicted molar refractivity (Wildman–Crippen MR) is 92.9 cm³/mol. The average Bonchev–Trinajstić information content (AvgIpc) is 3.13. The second-order valence-electron chi connectivity index (χ2n) is 5.56. The van der Waals surface area contributed by atoms with Crippen molar-refractivity contribution in [3.05, 3.63) is 46.5 Å². The number of anilines is 1. The molecule has 0 radical (unpaired) electrons. The Bertz CT molecular complexity index is 857. The first-order valence-corrected chi connectivity index (χ1v) is 8.66. The SMILES string of the molecule is Cc1csc(NC(=O)COC(=O)CCN2C(=O)c3ccccc3C2=O)n1. The van der Waals surface area contributed by atoms with Crippen molar-refractivity contribution in [1.82, 2.24) is 9.88 Å². The number of fused-ring (bicyclic) bond motifs is 1. The molecule has 0 spiro atoms. The molecule has 0 aliphatic carbocycles. The van der Waals surface area contributed by atoms with Gasteiger partial charge in [-0.2, -0.15) is 0 Å². The molecule has 3 amide bonds. The summed E-state index contributed by atoms with van der Waals surface area (Å²) in [5, 5.41) is 4.72. The van der Waals surface area contributed by atoms with Crippen molar-refractivity contribution in [1.29, 1.82) is 0 Å². The molecule has 8 nitrogen and oxygen atoms in total. The number of hydrogen-bond acceptors (Lipinski definition) is 7. The van der Waals surface area contributed by atoms with Crippen LogP contribution in [0.1, 0.15) is 32.8 Å². The Morgan fingerprint density at radius 2 is 1.85 bits per heavy atom. The van der Waals surface area contributed by atoms with Gasteiger partial charge in [0, 0.05) is 11.9 Å². The molecular formula is C17H15N3O5S. The Morgan fingerprint density at radius 1 is 1.19 bits per heavy atom. The van der Waals surface area contributed by atoms with Gasteiger partial charge in [0.25, 0.3) is 17.7 Å². The number of nitrogens with zero attached hydrogens (tertiary/aromatic N) is 2. The van der Waals surface area contributed by atoms with Crippen LogP contribution in [0.3, 0.4) is 0 Å². The Labute approximate surface area is 152 Å². The number of thiazole rings is 1. The van der Waals surface area contributed by atoms with Gasteiger partial charge in [-0.15, -0.1) is 11.3 Å². The quantitative estimate of drug-likeness (QED) is 0.609. The highest BCUT2D eigenvalue weighted by molar-refractivity contribution is 7.13. The molecule has 134 valence electrons. The van der Waals surface area contributed by atoms with Crippen molar-refractivity contribution in [2.45, 2.75) is 13.3 Å². The van der Waals surface area contributed by atoms with Gasteiger partial charge >= 0.3 is 5.97 Å². The van der Waals surface area contributed by atoms with Crippen LogP contribution in [0, 0.1) is 6.92 Å². The van der Waals surface area contributed by atoms with Gasteiger partial charge in [0.05, 0.1) is 23.2 Å². The number of esters is 1. The largest absolute Gasteiger partial charge is 0.456 e. The lowest BCUT2D eigenvalue weighted by atomic mass is 10.1. The third-order valence-electron chi connectivity index (χ3n) is 3.65. The number of benzene rings is 1. The molecule has 3 rings (SSSR count). The maximum absolute atomic E-state index is 12.2. The number of carbonyl (C=O) groups excluding carboxylic acids is 4. The first-order chi connectivity index (χ1) is 12.5. The van der Waals surface area contributed by atoms with Crippen LogP contribution >= 0.6 is 11.3 Å². The molecule has 0 unspecified atom stereocenters. The Balaban J connectivity index is 1.45. The van der Waals surface area contributed by atoms with E-state index in [1.165, 1.54) is 11.3 Å². The molecule has 0 saturated carbocycles. The van der Waals surface area contributed by atoms with Crippen LogP contribution < -0.4 is 5.32 Å². The zero-order valence-electron chi connectivity index (χ0n) is 13.9. The fourth-order valence-electron chi connectivity index (χ4n) is 2.43. The third-order valence-corrected chi connectivity index (χ3v) is 4.52. The lowest BCUT2D eigenvalue weighted by molar-refractivity contribution is -0.147. The van der Waals surface area contributed by atoms with E-state index >= 15 is 0 Å². The van der Waals surface area contributed by atoms with Gasteiger partial charge < -0.3 is 4.74 Å². The molecule has 2 heterocycles. The van der Waals surface area contributed by atoms with Gasteiger partial charge in [-0.3, -0.25) is 29.4 Å². The van der Waals surface area contributed by atoms with E-state index in [1.807, 2.05) is 0 Å². The van der Waals surface area contributed by atoms with E-state index < -0.39 is 30.3 Å². The molecule has 1 aromatic heterocycles. The summed E-state index contributed by atoms with van der Waals surface area (Å²) in [5.74, 6) is -2.05. The molecule has 2 aromatic rings. The van der Waals surface area contributed by atoms with Gasteiger partial charge in [0.15, 0.2) is 11.7 Å². The summed E-state index contributed by atoms with van der Waals surface area (Å²) in [6.45, 7) is 1.24. The number of ether oxygens (including phenoxy) is 1. The van der Waals surface area contributed by atoms with E-state index in [2.05, 4.69) is 10.3 Å². The zero-order valence-corrected chi connectivity index (χ0v) is 14.7. The highest BCUT2D eigenvalue weighted by Crippen LogP contribution is 2.22. The molecule has 9 heteroatoms. The van der Waals surface area contributed by atoms with Crippen molar-refractivity contribution in [3.63, 3.8) is 0 Å². The average molecular weight is 373 g/mol. The minimum absolute atomic E-state index is 0.0987. The normalized spacial score (nSPS) is 12.9. The first-order valence-electron chi connectivity index (χ1n) is 7.78. The van der Waals surface area contributed by atoms with Gasteiger partial charge in [-0.1, -0.05) is 12.1 Å². The summed E-state index contributed by atoms with van der Waals surface area (Å²) in [6, 6.07) is 6.48. The summed E-state index contributed by atoms with van der Waals surface area (Å²) in [4.78, 5) is 52.9. The van der Waals surface area contributed by atoms with E-state index in [4.69, 9.17) is 4.74 Å². The number of nitrogens with one attached hydrogen (secondary N) is 1. The molecule has 1 aliphatic heterocycles. The van der Waals surface area contributed by atoms with E-state index in [0.29, 0.717) is 16.3 Å². The van der Waals surface area contributed by atoms with Gasteiger partial charge in [-0.05, 0) is 19.1 Å². The number of amides is 3. The smallest absolute Gasteiger partial charge is 0.308 e. The molecule has 0 atom stereocenters. The molecule has 0 bridgehead atoms. The van der Waals surface area contributed by atoms with Crippen LogP contribution in [-0.2, 0) is 14.3 Å².